The van der Waals surface area contributed by atoms with E-state index in [0.29, 0.717) is 6.61 Å². The van der Waals surface area contributed by atoms with E-state index in [2.05, 4.69) is 4.74 Å². The van der Waals surface area contributed by atoms with Gasteiger partial charge >= 0.3 is 11.9 Å². The minimum atomic E-state index is -0.744. The van der Waals surface area contributed by atoms with Crippen molar-refractivity contribution >= 4 is 23.5 Å². The number of carbonyl (C=O) groups excluding carboxylic acids is 2. The van der Waals surface area contributed by atoms with Crippen LogP contribution < -0.4 is 4.74 Å². The van der Waals surface area contributed by atoms with Crippen LogP contribution in [-0.4, -0.2) is 44.5 Å². The summed E-state index contributed by atoms with van der Waals surface area (Å²) < 4.78 is 20.9. The fraction of sp³-hybridized carbons (Fsp3) is 0.529. The SMILES string of the molecule is COC(=O)c1ccc(OC(=O)C(C)OCC2CCCCO2)c(Cl)c1. The van der Waals surface area contributed by atoms with Gasteiger partial charge in [-0.2, -0.15) is 0 Å². The van der Waals surface area contributed by atoms with Gasteiger partial charge in [0.15, 0.2) is 6.10 Å². The number of esters is 2. The average molecular weight is 357 g/mol. The van der Waals surface area contributed by atoms with Gasteiger partial charge in [0, 0.05) is 6.61 Å². The van der Waals surface area contributed by atoms with Gasteiger partial charge in [-0.25, -0.2) is 9.59 Å². The highest BCUT2D eigenvalue weighted by Crippen LogP contribution is 2.26. The second-order valence-electron chi connectivity index (χ2n) is 5.52. The zero-order valence-corrected chi connectivity index (χ0v) is 14.5. The van der Waals surface area contributed by atoms with Crippen molar-refractivity contribution < 1.29 is 28.5 Å². The molecule has 1 aliphatic heterocycles. The lowest BCUT2D eigenvalue weighted by atomic mass is 10.1. The van der Waals surface area contributed by atoms with Crippen LogP contribution in [0.15, 0.2) is 18.2 Å². The standard InChI is InChI=1S/C17H21ClO6/c1-11(23-10-13-5-3-4-8-22-13)16(19)24-15-7-6-12(9-14(15)18)17(20)21-2/h6-7,9,11,13H,3-5,8,10H2,1-2H3. The van der Waals surface area contributed by atoms with Gasteiger partial charge in [0.05, 0.1) is 30.4 Å². The van der Waals surface area contributed by atoms with Crippen molar-refractivity contribution in [2.24, 2.45) is 0 Å². The Balaban J connectivity index is 1.87. The summed E-state index contributed by atoms with van der Waals surface area (Å²) >= 11 is 6.03. The fourth-order valence-electron chi connectivity index (χ4n) is 2.28. The van der Waals surface area contributed by atoms with Crippen LogP contribution in [-0.2, 0) is 19.0 Å². The van der Waals surface area contributed by atoms with Crippen LogP contribution in [0.4, 0.5) is 0 Å². The molecular formula is C17H21ClO6. The molecule has 0 aromatic heterocycles. The number of halogens is 1. The summed E-state index contributed by atoms with van der Waals surface area (Å²) in [5.74, 6) is -0.906. The molecule has 1 aliphatic rings. The molecule has 0 saturated carbocycles. The molecule has 0 radical (unpaired) electrons. The van der Waals surface area contributed by atoms with Crippen LogP contribution in [0.3, 0.4) is 0 Å². The summed E-state index contributed by atoms with van der Waals surface area (Å²) in [5.41, 5.74) is 0.279. The number of rotatable bonds is 6. The molecule has 1 fully saturated rings. The molecule has 0 spiro atoms. The Labute approximate surface area is 146 Å². The van der Waals surface area contributed by atoms with Gasteiger partial charge in [0.1, 0.15) is 5.75 Å². The van der Waals surface area contributed by atoms with Gasteiger partial charge in [-0.1, -0.05) is 11.6 Å². The smallest absolute Gasteiger partial charge is 0.340 e. The first kappa shape index (κ1) is 18.7. The largest absolute Gasteiger partial charge is 0.465 e. The number of hydrogen-bond donors (Lipinski definition) is 0. The van der Waals surface area contributed by atoms with Crippen molar-refractivity contribution in [3.63, 3.8) is 0 Å². The molecule has 2 atom stereocenters. The number of hydrogen-bond acceptors (Lipinski definition) is 6. The van der Waals surface area contributed by atoms with E-state index in [1.54, 1.807) is 6.92 Å². The Morgan fingerprint density at radius 2 is 2.17 bits per heavy atom. The molecule has 1 saturated heterocycles. The van der Waals surface area contributed by atoms with Gasteiger partial charge in [-0.15, -0.1) is 0 Å². The van der Waals surface area contributed by atoms with Crippen molar-refractivity contribution in [3.8, 4) is 5.75 Å². The Kier molecular flexibility index (Phi) is 7.02. The summed E-state index contributed by atoms with van der Waals surface area (Å²) in [6.45, 7) is 2.70. The molecule has 2 unspecified atom stereocenters. The highest BCUT2D eigenvalue weighted by Gasteiger charge is 2.21. The van der Waals surface area contributed by atoms with E-state index in [0.717, 1.165) is 25.9 Å². The molecule has 1 heterocycles. The maximum Gasteiger partial charge on any atom is 0.340 e. The molecule has 1 aromatic rings. The first-order valence-electron chi connectivity index (χ1n) is 7.84. The van der Waals surface area contributed by atoms with E-state index < -0.39 is 18.0 Å². The minimum Gasteiger partial charge on any atom is -0.465 e. The average Bonchev–Trinajstić information content (AvgIpc) is 2.61. The fourth-order valence-corrected chi connectivity index (χ4v) is 2.50. The molecular weight excluding hydrogens is 336 g/mol. The number of carbonyl (C=O) groups is 2. The van der Waals surface area contributed by atoms with Crippen LogP contribution in [0.2, 0.25) is 5.02 Å². The van der Waals surface area contributed by atoms with Gasteiger partial charge in [0.2, 0.25) is 0 Å². The lowest BCUT2D eigenvalue weighted by Crippen LogP contribution is -2.31. The Morgan fingerprint density at radius 1 is 1.38 bits per heavy atom. The van der Waals surface area contributed by atoms with Gasteiger partial charge in [-0.3, -0.25) is 0 Å². The Morgan fingerprint density at radius 3 is 2.79 bits per heavy atom. The first-order valence-corrected chi connectivity index (χ1v) is 8.22. The molecule has 0 N–H and O–H groups in total. The molecule has 7 heteroatoms. The third-order valence-electron chi connectivity index (χ3n) is 3.70. The van der Waals surface area contributed by atoms with Crippen LogP contribution in [0.1, 0.15) is 36.5 Å². The quantitative estimate of drug-likeness (QED) is 0.576. The highest BCUT2D eigenvalue weighted by molar-refractivity contribution is 6.32. The zero-order valence-electron chi connectivity index (χ0n) is 13.7. The topological polar surface area (TPSA) is 71.1 Å². The molecule has 0 aliphatic carbocycles. The Bertz CT molecular complexity index is 582. The molecule has 2 rings (SSSR count). The first-order chi connectivity index (χ1) is 11.5. The predicted molar refractivity (Wildman–Crippen MR) is 87.4 cm³/mol. The molecule has 1 aromatic carbocycles. The highest BCUT2D eigenvalue weighted by atomic mass is 35.5. The summed E-state index contributed by atoms with van der Waals surface area (Å²) in [6, 6.07) is 4.31. The van der Waals surface area contributed by atoms with Crippen molar-refractivity contribution in [3.05, 3.63) is 28.8 Å². The zero-order chi connectivity index (χ0) is 17.5. The predicted octanol–water partition coefficient (Wildman–Crippen LogP) is 3.01. The summed E-state index contributed by atoms with van der Waals surface area (Å²) in [7, 11) is 1.28. The lowest BCUT2D eigenvalue weighted by molar-refractivity contribution is -0.149. The molecule has 0 amide bonds. The van der Waals surface area contributed by atoms with Crippen molar-refractivity contribution in [1.82, 2.24) is 0 Å². The lowest BCUT2D eigenvalue weighted by Gasteiger charge is -2.23. The van der Waals surface area contributed by atoms with Crippen LogP contribution in [0, 0.1) is 0 Å². The maximum atomic E-state index is 12.1. The molecule has 132 valence electrons. The van der Waals surface area contributed by atoms with Gasteiger partial charge in [-0.05, 0) is 44.4 Å². The summed E-state index contributed by atoms with van der Waals surface area (Å²) in [5, 5.41) is 0.147. The van der Waals surface area contributed by atoms with Crippen molar-refractivity contribution in [2.75, 3.05) is 20.3 Å². The van der Waals surface area contributed by atoms with E-state index in [1.807, 2.05) is 0 Å². The molecule has 0 bridgehead atoms. The second-order valence-corrected chi connectivity index (χ2v) is 5.93. The molecule has 6 nitrogen and oxygen atoms in total. The van der Waals surface area contributed by atoms with Crippen molar-refractivity contribution in [2.45, 2.75) is 38.4 Å². The normalized spacial score (nSPS) is 18.7. The van der Waals surface area contributed by atoms with Crippen LogP contribution >= 0.6 is 11.6 Å². The third-order valence-corrected chi connectivity index (χ3v) is 4.00. The minimum absolute atomic E-state index is 0.0249. The van der Waals surface area contributed by atoms with E-state index in [9.17, 15) is 9.59 Å². The van der Waals surface area contributed by atoms with E-state index >= 15 is 0 Å². The van der Waals surface area contributed by atoms with Crippen LogP contribution in [0.5, 0.6) is 5.75 Å². The molecule has 24 heavy (non-hydrogen) atoms. The summed E-state index contributed by atoms with van der Waals surface area (Å²) in [4.78, 5) is 23.5. The Hall–Kier alpha value is -1.63. The second kappa shape index (κ2) is 9.01. The van der Waals surface area contributed by atoms with Crippen LogP contribution in [0.25, 0.3) is 0 Å². The monoisotopic (exact) mass is 356 g/mol. The number of benzene rings is 1. The van der Waals surface area contributed by atoms with Crippen molar-refractivity contribution in [1.29, 1.82) is 0 Å². The third kappa shape index (κ3) is 5.19. The maximum absolute atomic E-state index is 12.1. The summed E-state index contributed by atoms with van der Waals surface area (Å²) in [6.07, 6.45) is 2.38. The van der Waals surface area contributed by atoms with Gasteiger partial charge < -0.3 is 18.9 Å². The van der Waals surface area contributed by atoms with E-state index in [1.165, 1.54) is 25.3 Å². The van der Waals surface area contributed by atoms with E-state index in [4.69, 9.17) is 25.8 Å². The number of methoxy groups -OCH3 is 1. The van der Waals surface area contributed by atoms with E-state index in [-0.39, 0.29) is 22.4 Å². The number of ether oxygens (including phenoxy) is 4. The van der Waals surface area contributed by atoms with Gasteiger partial charge in [0.25, 0.3) is 0 Å².